The van der Waals surface area contributed by atoms with E-state index in [4.69, 9.17) is 14.2 Å². The van der Waals surface area contributed by atoms with E-state index in [9.17, 15) is 9.59 Å². The summed E-state index contributed by atoms with van der Waals surface area (Å²) < 4.78 is 14.8. The largest absolute Gasteiger partial charge is 0.466 e. The van der Waals surface area contributed by atoms with Crippen molar-refractivity contribution in [2.45, 2.75) is 26.9 Å². The summed E-state index contributed by atoms with van der Waals surface area (Å²) in [6.45, 7) is 4.29. The molecule has 1 heterocycles. The molecule has 0 saturated carbocycles. The van der Waals surface area contributed by atoms with Crippen molar-refractivity contribution in [3.05, 3.63) is 29.1 Å². The molecule has 0 bridgehead atoms. The zero-order valence-electron chi connectivity index (χ0n) is 12.0. The van der Waals surface area contributed by atoms with Crippen molar-refractivity contribution >= 4 is 11.9 Å². The molecule has 110 valence electrons. The first kappa shape index (κ1) is 16.1. The number of nitrogens with zero attached hydrogens (tertiary/aromatic N) is 1. The number of aromatic nitrogens is 1. The van der Waals surface area contributed by atoms with Crippen molar-refractivity contribution in [1.29, 1.82) is 0 Å². The van der Waals surface area contributed by atoms with Gasteiger partial charge in [0.1, 0.15) is 0 Å². The first-order valence-corrected chi connectivity index (χ1v) is 6.42. The molecule has 0 aliphatic rings. The van der Waals surface area contributed by atoms with E-state index in [1.165, 1.54) is 0 Å². The zero-order valence-corrected chi connectivity index (χ0v) is 12.0. The maximum absolute atomic E-state index is 11.8. The van der Waals surface area contributed by atoms with Crippen LogP contribution in [0.2, 0.25) is 0 Å². The molecule has 0 saturated heterocycles. The fraction of sp³-hybridized carbons (Fsp3) is 0.500. The highest BCUT2D eigenvalue weighted by molar-refractivity contribution is 5.92. The third kappa shape index (κ3) is 4.62. The van der Waals surface area contributed by atoms with Crippen molar-refractivity contribution in [2.75, 3.05) is 20.3 Å². The SMILES string of the molecule is CCOC(=O)Cc1nc(COC)ccc1C(=O)OCC. The molecular weight excluding hydrogens is 262 g/mol. The van der Waals surface area contributed by atoms with Gasteiger partial charge in [-0.2, -0.15) is 0 Å². The molecule has 1 rings (SSSR count). The highest BCUT2D eigenvalue weighted by Crippen LogP contribution is 2.12. The van der Waals surface area contributed by atoms with Gasteiger partial charge >= 0.3 is 11.9 Å². The number of methoxy groups -OCH3 is 1. The fourth-order valence-corrected chi connectivity index (χ4v) is 1.65. The Morgan fingerprint density at radius 2 is 1.85 bits per heavy atom. The number of carbonyl (C=O) groups excluding carboxylic acids is 2. The van der Waals surface area contributed by atoms with Crippen LogP contribution in [0.5, 0.6) is 0 Å². The molecule has 0 aliphatic carbocycles. The van der Waals surface area contributed by atoms with Crippen LogP contribution < -0.4 is 0 Å². The van der Waals surface area contributed by atoms with Crippen molar-refractivity contribution in [3.8, 4) is 0 Å². The molecule has 0 spiro atoms. The molecule has 0 aliphatic heterocycles. The highest BCUT2D eigenvalue weighted by atomic mass is 16.5. The lowest BCUT2D eigenvalue weighted by Gasteiger charge is -2.09. The fourth-order valence-electron chi connectivity index (χ4n) is 1.65. The van der Waals surface area contributed by atoms with Gasteiger partial charge in [-0.25, -0.2) is 4.79 Å². The van der Waals surface area contributed by atoms with Crippen LogP contribution in [-0.4, -0.2) is 37.2 Å². The van der Waals surface area contributed by atoms with Crippen LogP contribution in [0.3, 0.4) is 0 Å². The Labute approximate surface area is 118 Å². The Bertz CT molecular complexity index is 473. The van der Waals surface area contributed by atoms with Gasteiger partial charge in [0.15, 0.2) is 0 Å². The molecular formula is C14H19NO5. The summed E-state index contributed by atoms with van der Waals surface area (Å²) in [6, 6.07) is 3.26. The van der Waals surface area contributed by atoms with E-state index >= 15 is 0 Å². The second-order valence-electron chi connectivity index (χ2n) is 3.93. The predicted octanol–water partition coefficient (Wildman–Crippen LogP) is 1.51. The summed E-state index contributed by atoms with van der Waals surface area (Å²) in [6.07, 6.45) is -0.0699. The molecule has 1 aromatic rings. The number of esters is 2. The van der Waals surface area contributed by atoms with Gasteiger partial charge in [0.25, 0.3) is 0 Å². The summed E-state index contributed by atoms with van der Waals surface area (Å²) >= 11 is 0. The summed E-state index contributed by atoms with van der Waals surface area (Å²) in [5.74, 6) is -0.927. The maximum atomic E-state index is 11.8. The van der Waals surface area contributed by atoms with Crippen LogP contribution in [0.1, 0.15) is 35.6 Å². The molecule has 0 aromatic carbocycles. The van der Waals surface area contributed by atoms with Crippen molar-refractivity contribution in [1.82, 2.24) is 4.98 Å². The molecule has 1 aromatic heterocycles. The van der Waals surface area contributed by atoms with Gasteiger partial charge in [-0.15, -0.1) is 0 Å². The minimum absolute atomic E-state index is 0.0699. The minimum atomic E-state index is -0.497. The summed E-state index contributed by atoms with van der Waals surface area (Å²) in [5, 5.41) is 0. The number of carbonyl (C=O) groups is 2. The van der Waals surface area contributed by atoms with Gasteiger partial charge in [0.2, 0.25) is 0 Å². The average Bonchev–Trinajstić information content (AvgIpc) is 2.39. The van der Waals surface area contributed by atoms with Gasteiger partial charge in [0, 0.05) is 7.11 Å². The molecule has 0 N–H and O–H groups in total. The summed E-state index contributed by atoms with van der Waals surface area (Å²) in [4.78, 5) is 27.7. The van der Waals surface area contributed by atoms with Gasteiger partial charge in [0.05, 0.1) is 43.2 Å². The van der Waals surface area contributed by atoms with Crippen LogP contribution in [0, 0.1) is 0 Å². The van der Waals surface area contributed by atoms with Crippen LogP contribution >= 0.6 is 0 Å². The van der Waals surface area contributed by atoms with E-state index in [0.717, 1.165) is 0 Å². The van der Waals surface area contributed by atoms with Crippen molar-refractivity contribution in [2.24, 2.45) is 0 Å². The van der Waals surface area contributed by atoms with E-state index < -0.39 is 11.9 Å². The number of ether oxygens (including phenoxy) is 3. The van der Waals surface area contributed by atoms with E-state index in [1.807, 2.05) is 0 Å². The Hall–Kier alpha value is -1.95. The molecule has 6 heteroatoms. The van der Waals surface area contributed by atoms with E-state index in [0.29, 0.717) is 18.0 Å². The van der Waals surface area contributed by atoms with Crippen LogP contribution in [0.15, 0.2) is 12.1 Å². The Morgan fingerprint density at radius 3 is 2.45 bits per heavy atom. The first-order valence-electron chi connectivity index (χ1n) is 6.42. The van der Waals surface area contributed by atoms with E-state index in [2.05, 4.69) is 4.98 Å². The van der Waals surface area contributed by atoms with Gasteiger partial charge < -0.3 is 14.2 Å². The monoisotopic (exact) mass is 281 g/mol. The molecule has 20 heavy (non-hydrogen) atoms. The van der Waals surface area contributed by atoms with Gasteiger partial charge in [-0.3, -0.25) is 9.78 Å². The lowest BCUT2D eigenvalue weighted by molar-refractivity contribution is -0.142. The average molecular weight is 281 g/mol. The maximum Gasteiger partial charge on any atom is 0.339 e. The molecule has 6 nitrogen and oxygen atoms in total. The Morgan fingerprint density at radius 1 is 1.15 bits per heavy atom. The van der Waals surface area contributed by atoms with Crippen molar-refractivity contribution < 1.29 is 23.8 Å². The second kappa shape index (κ2) is 8.27. The number of hydrogen-bond donors (Lipinski definition) is 0. The molecule has 0 unspecified atom stereocenters. The summed E-state index contributed by atoms with van der Waals surface area (Å²) in [5.41, 5.74) is 1.26. The van der Waals surface area contributed by atoms with E-state index in [1.54, 1.807) is 33.1 Å². The lowest BCUT2D eigenvalue weighted by Crippen LogP contribution is -2.16. The van der Waals surface area contributed by atoms with Crippen molar-refractivity contribution in [3.63, 3.8) is 0 Å². The number of rotatable bonds is 7. The van der Waals surface area contributed by atoms with Crippen LogP contribution in [0.25, 0.3) is 0 Å². The van der Waals surface area contributed by atoms with Crippen LogP contribution in [0.4, 0.5) is 0 Å². The normalized spacial score (nSPS) is 10.2. The lowest BCUT2D eigenvalue weighted by atomic mass is 10.1. The van der Waals surface area contributed by atoms with E-state index in [-0.39, 0.29) is 25.2 Å². The third-order valence-electron chi connectivity index (χ3n) is 2.44. The number of pyridine rings is 1. The minimum Gasteiger partial charge on any atom is -0.466 e. The standard InChI is InChI=1S/C14H19NO5/c1-4-19-13(16)8-12-11(14(17)20-5-2)7-6-10(15-12)9-18-3/h6-7H,4-5,8-9H2,1-3H3. The highest BCUT2D eigenvalue weighted by Gasteiger charge is 2.17. The van der Waals surface area contributed by atoms with Gasteiger partial charge in [-0.05, 0) is 26.0 Å². The summed E-state index contributed by atoms with van der Waals surface area (Å²) in [7, 11) is 1.55. The quantitative estimate of drug-likeness (QED) is 0.705. The molecule has 0 radical (unpaired) electrons. The van der Waals surface area contributed by atoms with Crippen LogP contribution in [-0.2, 0) is 32.0 Å². The topological polar surface area (TPSA) is 74.7 Å². The smallest absolute Gasteiger partial charge is 0.339 e. The third-order valence-corrected chi connectivity index (χ3v) is 2.44. The second-order valence-corrected chi connectivity index (χ2v) is 3.93. The Kier molecular flexibility index (Phi) is 6.66. The molecule has 0 fully saturated rings. The van der Waals surface area contributed by atoms with Gasteiger partial charge in [-0.1, -0.05) is 0 Å². The Balaban J connectivity index is 3.02. The zero-order chi connectivity index (χ0) is 15.0. The predicted molar refractivity (Wildman–Crippen MR) is 71.2 cm³/mol. The number of hydrogen-bond acceptors (Lipinski definition) is 6. The molecule has 0 atom stereocenters. The first-order chi connectivity index (χ1) is 9.62. The molecule has 0 amide bonds.